The summed E-state index contributed by atoms with van der Waals surface area (Å²) in [4.78, 5) is 37.3. The Balaban J connectivity index is 4.40. The van der Waals surface area contributed by atoms with Crippen LogP contribution in [0.3, 0.4) is 0 Å². The van der Waals surface area contributed by atoms with Crippen molar-refractivity contribution in [2.24, 2.45) is 40.5 Å². The first-order valence-corrected chi connectivity index (χ1v) is 21.5. The van der Waals surface area contributed by atoms with Crippen LogP contribution in [0.25, 0.3) is 0 Å². The topological polar surface area (TPSA) is 272 Å². The first-order chi connectivity index (χ1) is 28.3. The van der Waals surface area contributed by atoms with Gasteiger partial charge in [-0.05, 0) is 58.3 Å². The zero-order chi connectivity index (χ0) is 44.1. The first-order valence-electron chi connectivity index (χ1n) is 21.5. The van der Waals surface area contributed by atoms with E-state index < -0.39 is 12.1 Å². The highest BCUT2D eigenvalue weighted by Gasteiger charge is 2.21. The van der Waals surface area contributed by atoms with E-state index in [1.165, 1.54) is 10.0 Å². The summed E-state index contributed by atoms with van der Waals surface area (Å²) in [7, 11) is 0. The third-order valence-corrected chi connectivity index (χ3v) is 9.45. The van der Waals surface area contributed by atoms with Gasteiger partial charge in [0.25, 0.3) is 0 Å². The van der Waals surface area contributed by atoms with Crippen LogP contribution in [0.4, 0.5) is 0 Å². The summed E-state index contributed by atoms with van der Waals surface area (Å²) in [5.74, 6) is 12.5. The van der Waals surface area contributed by atoms with E-state index in [2.05, 4.69) is 4.90 Å². The minimum absolute atomic E-state index is 0.0416. The number of hydrogen-bond donors (Lipinski definition) is 6. The highest BCUT2D eigenvalue weighted by Crippen LogP contribution is 2.13. The second-order valence-electron chi connectivity index (χ2n) is 14.7. The molecule has 0 spiro atoms. The van der Waals surface area contributed by atoms with Crippen LogP contribution in [-0.2, 0) is 42.8 Å². The normalized spacial score (nSPS) is 13.3. The van der Waals surface area contributed by atoms with E-state index in [1.54, 1.807) is 19.3 Å². The van der Waals surface area contributed by atoms with Crippen LogP contribution in [-0.4, -0.2) is 156 Å². The lowest BCUT2D eigenvalue weighted by molar-refractivity contribution is -0.124. The van der Waals surface area contributed by atoms with Crippen molar-refractivity contribution < 1.29 is 42.8 Å². The fraction of sp³-hybridized carbons (Fsp3) is 0.829. The Labute approximate surface area is 354 Å². The van der Waals surface area contributed by atoms with Crippen molar-refractivity contribution in [1.29, 1.82) is 0 Å². The zero-order valence-electron chi connectivity index (χ0n) is 37.0. The number of carbonyl (C=O) groups is 3. The summed E-state index contributed by atoms with van der Waals surface area (Å²) in [6, 6.07) is -0.830. The van der Waals surface area contributed by atoms with Crippen molar-refractivity contribution in [3.63, 3.8) is 0 Å². The van der Waals surface area contributed by atoms with Crippen molar-refractivity contribution in [1.82, 2.24) is 14.9 Å². The third-order valence-electron chi connectivity index (χ3n) is 9.45. The number of rotatable bonds is 43. The van der Waals surface area contributed by atoms with Crippen molar-refractivity contribution in [3.05, 3.63) is 23.8 Å². The number of Topliss-reactive ketones (excluding diaryl/α,β-unsaturated/α-hetero) is 3. The van der Waals surface area contributed by atoms with Gasteiger partial charge >= 0.3 is 0 Å². The van der Waals surface area contributed by atoms with Gasteiger partial charge in [0.15, 0.2) is 5.78 Å². The molecule has 12 N–H and O–H groups in total. The second kappa shape index (κ2) is 38.2. The molecule has 18 nitrogen and oxygen atoms in total. The summed E-state index contributed by atoms with van der Waals surface area (Å²) in [6.07, 6.45) is 10.3. The molecular formula is C41H83N9O9. The van der Waals surface area contributed by atoms with Gasteiger partial charge in [-0.25, -0.2) is 11.7 Å². The van der Waals surface area contributed by atoms with E-state index in [9.17, 15) is 14.4 Å². The molecule has 0 aliphatic rings. The largest absolute Gasteiger partial charge is 0.399 e. The van der Waals surface area contributed by atoms with Crippen LogP contribution in [0.15, 0.2) is 23.8 Å². The van der Waals surface area contributed by atoms with Gasteiger partial charge in [-0.3, -0.25) is 19.3 Å². The molecule has 0 aromatic heterocycles. The predicted molar refractivity (Wildman–Crippen MR) is 231 cm³/mol. The SMILES string of the molecule is CCC(=O)C(N)CCCCN(N)/C=C(\N)COCCOCCN(CCOCCOCCC(C)=O)CCOCCOC/C(N)=C/N(N)CCCCC(N)C(=O)C(CC)CC. The maximum atomic E-state index is 12.4. The Kier molecular flexibility index (Phi) is 36.4. The molecule has 346 valence electrons. The lowest BCUT2D eigenvalue weighted by Gasteiger charge is -2.22. The number of unbranched alkanes of at least 4 members (excludes halogenated alkanes) is 2. The van der Waals surface area contributed by atoms with Crippen LogP contribution in [0.2, 0.25) is 0 Å². The second-order valence-corrected chi connectivity index (χ2v) is 14.7. The summed E-state index contributed by atoms with van der Waals surface area (Å²) in [6.45, 7) is 15.4. The molecule has 0 saturated carbocycles. The standard InChI is InChI=1S/C41H83N9O9/c1-5-35(6-2)41(53)39(45)13-9-11-16-50(47)31-37(43)33-59-29-27-57-23-19-48(17-21-55-25-24-54-20-14-34(4)51)18-22-56-26-28-58-32-36(42)30-49(46)15-10-8-12-38(44)40(52)7-3/h30-31,35,38-39H,5-29,32-33,42-47H2,1-4H3/b36-30-,37-31-. The molecule has 0 heterocycles. The van der Waals surface area contributed by atoms with Crippen molar-refractivity contribution in [2.45, 2.75) is 104 Å². The summed E-state index contributed by atoms with van der Waals surface area (Å²) in [5, 5.41) is 3.05. The fourth-order valence-corrected chi connectivity index (χ4v) is 5.78. The monoisotopic (exact) mass is 846 g/mol. The lowest BCUT2D eigenvalue weighted by atomic mass is 9.91. The maximum absolute atomic E-state index is 12.4. The highest BCUT2D eigenvalue weighted by atomic mass is 16.5. The number of ether oxygens (including phenoxy) is 6. The van der Waals surface area contributed by atoms with E-state index in [0.29, 0.717) is 136 Å². The van der Waals surface area contributed by atoms with Gasteiger partial charge in [-0.1, -0.05) is 20.8 Å². The zero-order valence-corrected chi connectivity index (χ0v) is 37.0. The molecule has 0 rings (SSSR count). The number of carbonyl (C=O) groups excluding carboxylic acids is 3. The quantitative estimate of drug-likeness (QED) is 0.0287. The Morgan fingerprint density at radius 2 is 0.966 bits per heavy atom. The molecular weight excluding hydrogens is 763 g/mol. The van der Waals surface area contributed by atoms with Gasteiger partial charge < -0.3 is 61.4 Å². The minimum Gasteiger partial charge on any atom is -0.399 e. The molecule has 0 fully saturated rings. The molecule has 0 aliphatic carbocycles. The number of nitrogens with two attached hydrogens (primary N) is 6. The maximum Gasteiger partial charge on any atom is 0.152 e. The van der Waals surface area contributed by atoms with Gasteiger partial charge in [0, 0.05) is 63.9 Å². The van der Waals surface area contributed by atoms with Crippen molar-refractivity contribution in [2.75, 3.05) is 112 Å². The number of ketones is 3. The highest BCUT2D eigenvalue weighted by molar-refractivity contribution is 5.86. The third kappa shape index (κ3) is 33.6. The molecule has 0 amide bonds. The molecule has 0 bridgehead atoms. The molecule has 59 heavy (non-hydrogen) atoms. The van der Waals surface area contributed by atoms with E-state index in [1.807, 2.05) is 20.8 Å². The molecule has 0 aliphatic heterocycles. The Morgan fingerprint density at radius 1 is 0.559 bits per heavy atom. The van der Waals surface area contributed by atoms with Gasteiger partial charge in [0.2, 0.25) is 0 Å². The average molecular weight is 846 g/mol. The summed E-state index contributed by atoms with van der Waals surface area (Å²) < 4.78 is 34.1. The molecule has 18 heteroatoms. The van der Waals surface area contributed by atoms with Gasteiger partial charge in [0.05, 0.1) is 103 Å². The molecule has 2 atom stereocenters. The van der Waals surface area contributed by atoms with Gasteiger partial charge in [-0.15, -0.1) is 0 Å². The molecule has 2 unspecified atom stereocenters. The molecule has 0 aromatic rings. The number of hydrazine groups is 2. The lowest BCUT2D eigenvalue weighted by Crippen LogP contribution is -2.35. The van der Waals surface area contributed by atoms with Gasteiger partial charge in [-0.2, -0.15) is 0 Å². The van der Waals surface area contributed by atoms with Crippen LogP contribution in [0.5, 0.6) is 0 Å². The van der Waals surface area contributed by atoms with E-state index >= 15 is 0 Å². The van der Waals surface area contributed by atoms with Crippen molar-refractivity contribution >= 4 is 17.3 Å². The van der Waals surface area contributed by atoms with E-state index in [4.69, 9.17) is 63.0 Å². The Morgan fingerprint density at radius 3 is 1.37 bits per heavy atom. The summed E-state index contributed by atoms with van der Waals surface area (Å²) >= 11 is 0. The van der Waals surface area contributed by atoms with Crippen LogP contribution >= 0.6 is 0 Å². The van der Waals surface area contributed by atoms with Crippen molar-refractivity contribution in [3.8, 4) is 0 Å². The molecule has 0 saturated heterocycles. The predicted octanol–water partition coefficient (Wildman–Crippen LogP) is 1.30. The van der Waals surface area contributed by atoms with Crippen LogP contribution in [0, 0.1) is 5.92 Å². The van der Waals surface area contributed by atoms with Crippen LogP contribution < -0.4 is 34.6 Å². The average Bonchev–Trinajstić information content (AvgIpc) is 3.20. The number of nitrogens with zero attached hydrogens (tertiary/aromatic N) is 3. The van der Waals surface area contributed by atoms with E-state index in [-0.39, 0.29) is 36.5 Å². The smallest absolute Gasteiger partial charge is 0.152 e. The van der Waals surface area contributed by atoms with Crippen LogP contribution in [0.1, 0.15) is 91.9 Å². The van der Waals surface area contributed by atoms with E-state index in [0.717, 1.165) is 38.5 Å². The summed E-state index contributed by atoms with van der Waals surface area (Å²) in [5.41, 5.74) is 25.1. The molecule has 0 radical (unpaired) electrons. The fourth-order valence-electron chi connectivity index (χ4n) is 5.78. The Bertz CT molecular complexity index is 1130. The Hall–Kier alpha value is -2.75. The number of hydrogen-bond acceptors (Lipinski definition) is 18. The molecule has 0 aromatic carbocycles. The van der Waals surface area contributed by atoms with Gasteiger partial charge in [0.1, 0.15) is 11.6 Å². The minimum atomic E-state index is -0.421. The first kappa shape index (κ1) is 56.2.